The van der Waals surface area contributed by atoms with Gasteiger partial charge in [-0.15, -0.1) is 11.3 Å². The fourth-order valence-corrected chi connectivity index (χ4v) is 3.27. The molecule has 2 atom stereocenters. The van der Waals surface area contributed by atoms with E-state index in [9.17, 15) is 5.11 Å². The lowest BCUT2D eigenvalue weighted by molar-refractivity contribution is 0.100. The Kier molecular flexibility index (Phi) is 4.34. The van der Waals surface area contributed by atoms with E-state index in [1.165, 1.54) is 0 Å². The number of aromatic nitrogens is 1. The predicted molar refractivity (Wildman–Crippen MR) is 79.4 cm³/mol. The molecule has 0 spiro atoms. The molecule has 3 nitrogen and oxygen atoms in total. The van der Waals surface area contributed by atoms with Crippen molar-refractivity contribution in [3.63, 3.8) is 0 Å². The minimum absolute atomic E-state index is 0.396. The lowest BCUT2D eigenvalue weighted by atomic mass is 9.73. The smallest absolute Gasteiger partial charge is 0.0938 e. The van der Waals surface area contributed by atoms with Gasteiger partial charge in [-0.1, -0.05) is 30.3 Å². The topological polar surface area (TPSA) is 59.1 Å². The van der Waals surface area contributed by atoms with Crippen LogP contribution < -0.4 is 5.73 Å². The maximum Gasteiger partial charge on any atom is 0.0938 e. The molecule has 2 rings (SSSR count). The molecule has 0 radical (unpaired) electrons. The molecule has 19 heavy (non-hydrogen) atoms. The first-order chi connectivity index (χ1) is 9.08. The lowest BCUT2D eigenvalue weighted by Crippen LogP contribution is -2.46. The van der Waals surface area contributed by atoms with E-state index >= 15 is 0 Å². The number of hydrogen-bond acceptors (Lipinski definition) is 4. The van der Waals surface area contributed by atoms with Gasteiger partial charge in [0, 0.05) is 29.5 Å². The fourth-order valence-electron chi connectivity index (χ4n) is 2.38. The van der Waals surface area contributed by atoms with Crippen molar-refractivity contribution in [2.24, 2.45) is 5.73 Å². The summed E-state index contributed by atoms with van der Waals surface area (Å²) < 4.78 is 0. The van der Waals surface area contributed by atoms with Crippen LogP contribution in [0.15, 0.2) is 35.7 Å². The van der Waals surface area contributed by atoms with Gasteiger partial charge in [0.25, 0.3) is 0 Å². The molecule has 0 aliphatic carbocycles. The first-order valence-electron chi connectivity index (χ1n) is 6.43. The third-order valence-corrected chi connectivity index (χ3v) is 4.61. The zero-order valence-electron chi connectivity index (χ0n) is 11.3. The Hall–Kier alpha value is -1.23. The van der Waals surface area contributed by atoms with E-state index in [1.807, 2.05) is 42.6 Å². The molecule has 1 heterocycles. The summed E-state index contributed by atoms with van der Waals surface area (Å²) in [7, 11) is 0. The van der Waals surface area contributed by atoms with Crippen LogP contribution in [0.5, 0.6) is 0 Å². The van der Waals surface area contributed by atoms with Crippen molar-refractivity contribution in [1.29, 1.82) is 0 Å². The molecule has 2 unspecified atom stereocenters. The molecule has 0 amide bonds. The summed E-state index contributed by atoms with van der Waals surface area (Å²) in [6.45, 7) is 4.18. The number of nitrogens with two attached hydrogens (primary N) is 1. The second-order valence-electron chi connectivity index (χ2n) is 4.96. The van der Waals surface area contributed by atoms with Gasteiger partial charge < -0.3 is 10.8 Å². The fraction of sp³-hybridized carbons (Fsp3) is 0.400. The summed E-state index contributed by atoms with van der Waals surface area (Å²) in [4.78, 5) is 4.50. The lowest BCUT2D eigenvalue weighted by Gasteiger charge is -2.35. The molecule has 0 bridgehead atoms. The zero-order chi connectivity index (χ0) is 13.9. The molecule has 0 saturated heterocycles. The van der Waals surface area contributed by atoms with Crippen molar-refractivity contribution < 1.29 is 5.11 Å². The first kappa shape index (κ1) is 14.2. The van der Waals surface area contributed by atoms with Gasteiger partial charge in [-0.25, -0.2) is 4.98 Å². The van der Waals surface area contributed by atoms with Gasteiger partial charge in [0.2, 0.25) is 0 Å². The molecule has 0 fully saturated rings. The van der Waals surface area contributed by atoms with Crippen LogP contribution in [0.25, 0.3) is 0 Å². The average Bonchev–Trinajstić information content (AvgIpc) is 2.82. The van der Waals surface area contributed by atoms with E-state index in [0.717, 1.165) is 16.3 Å². The van der Waals surface area contributed by atoms with Gasteiger partial charge in [0.05, 0.1) is 11.1 Å². The van der Waals surface area contributed by atoms with E-state index in [2.05, 4.69) is 4.98 Å². The molecule has 0 aliphatic rings. The Bertz CT molecular complexity index is 524. The van der Waals surface area contributed by atoms with Crippen LogP contribution in [0.4, 0.5) is 0 Å². The Balaban J connectivity index is 2.40. The third-order valence-electron chi connectivity index (χ3n) is 3.65. The number of nitrogens with zero attached hydrogens (tertiary/aromatic N) is 1. The summed E-state index contributed by atoms with van der Waals surface area (Å²) in [5.41, 5.74) is 7.63. The number of benzene rings is 1. The molecule has 0 saturated carbocycles. The molecule has 0 aliphatic heterocycles. The van der Waals surface area contributed by atoms with Crippen molar-refractivity contribution >= 4 is 11.3 Å². The highest BCUT2D eigenvalue weighted by atomic mass is 32.1. The minimum atomic E-state index is -0.524. The van der Waals surface area contributed by atoms with Crippen molar-refractivity contribution in [3.05, 3.63) is 52.0 Å². The van der Waals surface area contributed by atoms with Crippen LogP contribution in [-0.2, 0) is 11.8 Å². The second-order valence-corrected chi connectivity index (χ2v) is 5.90. The summed E-state index contributed by atoms with van der Waals surface area (Å²) in [6.07, 6.45) is 0.146. The Morgan fingerprint density at radius 3 is 2.53 bits per heavy atom. The van der Waals surface area contributed by atoms with Crippen LogP contribution in [0.3, 0.4) is 0 Å². The van der Waals surface area contributed by atoms with E-state index in [-0.39, 0.29) is 0 Å². The highest BCUT2D eigenvalue weighted by Crippen LogP contribution is 2.32. The van der Waals surface area contributed by atoms with Crippen LogP contribution in [0.2, 0.25) is 0 Å². The highest BCUT2D eigenvalue weighted by molar-refractivity contribution is 7.09. The normalized spacial score (nSPS) is 16.0. The predicted octanol–water partition coefficient (Wildman–Crippen LogP) is 2.27. The summed E-state index contributed by atoms with van der Waals surface area (Å²) in [6, 6.07) is 9.99. The number of thiazole rings is 1. The largest absolute Gasteiger partial charge is 0.392 e. The number of aliphatic hydroxyl groups is 1. The van der Waals surface area contributed by atoms with Gasteiger partial charge in [0.1, 0.15) is 0 Å². The Morgan fingerprint density at radius 1 is 1.37 bits per heavy atom. The molecule has 4 heteroatoms. The van der Waals surface area contributed by atoms with Gasteiger partial charge in [0.15, 0.2) is 0 Å². The minimum Gasteiger partial charge on any atom is -0.392 e. The Labute approximate surface area is 118 Å². The quantitative estimate of drug-likeness (QED) is 0.880. The standard InChI is InChI=1S/C15H20N2OS/c1-11-9-19-14(17-11)8-15(10-16,12(2)18)13-6-4-3-5-7-13/h3-7,9,12,18H,8,10,16H2,1-2H3. The van der Waals surface area contributed by atoms with Crippen molar-refractivity contribution in [2.75, 3.05) is 6.54 Å². The highest BCUT2D eigenvalue weighted by Gasteiger charge is 2.37. The summed E-state index contributed by atoms with van der Waals surface area (Å²) >= 11 is 1.63. The maximum atomic E-state index is 10.3. The van der Waals surface area contributed by atoms with Gasteiger partial charge in [-0.2, -0.15) is 0 Å². The van der Waals surface area contributed by atoms with Crippen LogP contribution in [0, 0.1) is 6.92 Å². The summed E-state index contributed by atoms with van der Waals surface area (Å²) in [5.74, 6) is 0. The van der Waals surface area contributed by atoms with Crippen molar-refractivity contribution in [3.8, 4) is 0 Å². The summed E-state index contributed by atoms with van der Waals surface area (Å²) in [5, 5.41) is 13.3. The van der Waals surface area contributed by atoms with Crippen LogP contribution in [0.1, 0.15) is 23.2 Å². The molecule has 1 aromatic heterocycles. The Morgan fingerprint density at radius 2 is 2.05 bits per heavy atom. The van der Waals surface area contributed by atoms with E-state index in [4.69, 9.17) is 5.73 Å². The van der Waals surface area contributed by atoms with E-state index in [0.29, 0.717) is 13.0 Å². The molecule has 2 aromatic rings. The third kappa shape index (κ3) is 2.86. The van der Waals surface area contributed by atoms with E-state index < -0.39 is 11.5 Å². The molecular formula is C15H20N2OS. The molecule has 3 N–H and O–H groups in total. The molecule has 102 valence electrons. The number of aryl methyl sites for hydroxylation is 1. The van der Waals surface area contributed by atoms with Gasteiger partial charge >= 0.3 is 0 Å². The van der Waals surface area contributed by atoms with Crippen LogP contribution >= 0.6 is 11.3 Å². The van der Waals surface area contributed by atoms with Gasteiger partial charge in [-0.3, -0.25) is 0 Å². The van der Waals surface area contributed by atoms with Gasteiger partial charge in [-0.05, 0) is 19.4 Å². The monoisotopic (exact) mass is 276 g/mol. The van der Waals surface area contributed by atoms with Crippen molar-refractivity contribution in [1.82, 2.24) is 4.98 Å². The second kappa shape index (κ2) is 5.82. The number of hydrogen-bond donors (Lipinski definition) is 2. The van der Waals surface area contributed by atoms with Crippen molar-refractivity contribution in [2.45, 2.75) is 31.8 Å². The first-order valence-corrected chi connectivity index (χ1v) is 7.31. The molecular weight excluding hydrogens is 256 g/mol. The zero-order valence-corrected chi connectivity index (χ0v) is 12.2. The number of rotatable bonds is 5. The number of aliphatic hydroxyl groups excluding tert-OH is 1. The van der Waals surface area contributed by atoms with E-state index in [1.54, 1.807) is 18.3 Å². The molecule has 1 aromatic carbocycles. The average molecular weight is 276 g/mol. The van der Waals surface area contributed by atoms with Crippen LogP contribution in [-0.4, -0.2) is 22.7 Å². The maximum absolute atomic E-state index is 10.3. The SMILES string of the molecule is Cc1csc(CC(CN)(c2ccccc2)C(C)O)n1.